The van der Waals surface area contributed by atoms with Gasteiger partial charge in [0, 0.05) is 55.8 Å². The Morgan fingerprint density at radius 1 is 0.279 bits per heavy atom. The van der Waals surface area contributed by atoms with E-state index in [4.69, 9.17) is 2.74 Å². The molecule has 3 heterocycles. The van der Waals surface area contributed by atoms with Crippen molar-refractivity contribution in [2.75, 3.05) is 9.80 Å². The Morgan fingerprint density at radius 3 is 1.05 bits per heavy atom. The van der Waals surface area contributed by atoms with Crippen LogP contribution in [-0.2, 0) is 37.9 Å². The highest BCUT2D eigenvalue weighted by atomic mass is 15.2. The number of benzene rings is 13. The molecule has 1 aromatic heterocycles. The fraction of sp³-hybridized carbons (Fsp3) is 0.271. The molecule has 4 heteroatoms. The number of fused-ring (bicyclic) bond motifs is 7. The zero-order chi connectivity index (χ0) is 110. The van der Waals surface area contributed by atoms with Crippen molar-refractivity contribution in [3.05, 3.63) is 311 Å². The van der Waals surface area contributed by atoms with E-state index in [1.807, 2.05) is 0 Å². The van der Waals surface area contributed by atoms with E-state index in [2.05, 4.69) is 0 Å². The summed E-state index contributed by atoms with van der Waals surface area (Å²) in [5.41, 5.74) is -19.6. The second-order valence-electron chi connectivity index (χ2n) is 36.3. The number of nitrogens with zero attached hydrogens (tertiary/aromatic N) is 3. The molecule has 0 radical (unpaired) electrons. The Labute approximate surface area is 713 Å². The molecule has 0 fully saturated rings. The van der Waals surface area contributed by atoms with Crippen LogP contribution in [-0.4, -0.2) is 11.3 Å². The molecule has 0 saturated heterocycles. The van der Waals surface area contributed by atoms with E-state index < -0.39 is 345 Å². The van der Waals surface area contributed by atoms with Crippen molar-refractivity contribution >= 4 is 79.0 Å². The van der Waals surface area contributed by atoms with Gasteiger partial charge in [0.15, 0.2) is 0 Å². The molecule has 16 rings (SSSR count). The van der Waals surface area contributed by atoms with Gasteiger partial charge in [0.1, 0.15) is 0 Å². The Morgan fingerprint density at radius 2 is 0.640 bits per heavy atom. The van der Waals surface area contributed by atoms with Gasteiger partial charge in [-0.25, -0.2) is 0 Å². The van der Waals surface area contributed by atoms with E-state index >= 15 is 0 Å². The van der Waals surface area contributed by atoms with Gasteiger partial charge in [0.05, 0.1) is 77.4 Å². The van der Waals surface area contributed by atoms with E-state index in [1.165, 1.54) is 65.3 Å². The first-order chi connectivity index (χ1) is 67.4. The van der Waals surface area contributed by atoms with E-state index in [1.54, 1.807) is 145 Å². The number of aromatic nitrogens is 1. The average Bonchev–Trinajstić information content (AvgIpc) is 1.44. The van der Waals surface area contributed by atoms with E-state index in [-0.39, 0.29) is 107 Å². The Kier molecular flexibility index (Phi) is 10.4. The van der Waals surface area contributed by atoms with E-state index in [0.717, 1.165) is 4.57 Å². The summed E-state index contributed by atoms with van der Waals surface area (Å²) in [6, 6.07) is -15.4. The lowest BCUT2D eigenvalue weighted by molar-refractivity contribution is 0.569. The first-order valence-electron chi connectivity index (χ1n) is 55.5. The molecule has 0 N–H and O–H groups in total. The van der Waals surface area contributed by atoms with Gasteiger partial charge in [0.25, 0.3) is 6.71 Å². The normalized spacial score (nSPS) is 18.0. The fourth-order valence-electron chi connectivity index (χ4n) is 14.6. The lowest BCUT2D eigenvalue weighted by Gasteiger charge is -2.46. The van der Waals surface area contributed by atoms with Gasteiger partial charge in [0.2, 0.25) is 0 Å². The number of anilines is 6. The molecule has 0 unspecified atom stereocenters. The number of para-hydroxylation sites is 2. The summed E-state index contributed by atoms with van der Waals surface area (Å²) in [4.78, 5) is 2.74. The first kappa shape index (κ1) is 43.2. The third-order valence-electron chi connectivity index (χ3n) is 20.6. The second-order valence-corrected chi connectivity index (χ2v) is 36.3. The largest absolute Gasteiger partial charge is 0.310 e. The summed E-state index contributed by atoms with van der Waals surface area (Å²) in [5.74, 6) is 0. The van der Waals surface area contributed by atoms with Crippen LogP contribution in [0, 0.1) is 6.92 Å². The van der Waals surface area contributed by atoms with Crippen molar-refractivity contribution in [2.24, 2.45) is 0 Å². The molecule has 0 amide bonds. The summed E-state index contributed by atoms with van der Waals surface area (Å²) < 4.78 is 371. The van der Waals surface area contributed by atoms with Gasteiger partial charge in [-0.2, -0.15) is 0 Å². The average molecular weight is 1490 g/mol. The van der Waals surface area contributed by atoms with Crippen molar-refractivity contribution in [2.45, 2.75) is 190 Å². The van der Waals surface area contributed by atoms with Crippen LogP contribution in [0.1, 0.15) is 239 Å². The fourth-order valence-corrected chi connectivity index (χ4v) is 14.6. The van der Waals surface area contributed by atoms with E-state index in [0.29, 0.717) is 0 Å². The van der Waals surface area contributed by atoms with Gasteiger partial charge in [-0.1, -0.05) is 351 Å². The highest BCUT2D eigenvalue weighted by molar-refractivity contribution is 7.00. The standard InChI is InChI=1S/C107H110BN3/c1-67-57-76(103(8,9)10)51-53-81(67)87-62-78(105(14,15)16)60-85(70-41-47-74(48-42-70)101(2,3)4)99(87)110-94-58-72(68-33-25-23-26-34-68)45-55-90(94)108-91-56-46-73(69-35-27-24-28-36-69)59-95(91)111(97-66-80(65-96(110)98(97)108)109-92-39-31-29-37-83(92)84-38-30-32-40-93(84)109)100-86(71-43-49-75(50-44-71)102(5,6)7)61-79(106(17,18)19)63-88(100)82-54-52-77(104(11,12)13)64-89(82)107(20,21)22/h23-66H,1-22H3/i23D,24D,25D,26D,27D,28D,29D,30D,31D,32D,33D,34D,35D,36D,37D,38D,39D,40D,41D,42D,43D,44D,47D,48D,49D,50D,51D,52D,53D,54D,57D,60D,61D,62D,63D,64D. The Hall–Kier alpha value is -10.7. The lowest BCUT2D eigenvalue weighted by Crippen LogP contribution is -2.61. The van der Waals surface area contributed by atoms with Crippen LogP contribution in [0.2, 0.25) is 0 Å². The topological polar surface area (TPSA) is 11.4 Å². The number of hydrogen-bond donors (Lipinski definition) is 0. The highest BCUT2D eigenvalue weighted by Gasteiger charge is 2.47. The highest BCUT2D eigenvalue weighted by Crippen LogP contribution is 2.57. The SMILES string of the molecule is [2H]c1c([2H])c([2H])c(-c2ccc3c(c2)N(c2c(-c4c([2H])c([2H])c(C(C)(C)C)c([2H])c4[2H])c([2H])c(C(C)(C)C)c([2H])c2-c2c([2H])c([2H])c(C(C)(C)C)c([2H])c2C)c2cc(-n4c5c([2H])c([2H])c([2H])c([2H])c5c5c([2H])c([2H])c([2H])c([2H])c54)cc4c2B3c2ccc(-c3c([2H])c([2H])c([2H])c([2H])c3[2H])cc2N4c2c(-c3c([2H])c([2H])c(C(C)(C)C)c([2H])c3[2H])c([2H])c(C(C)(C)C)c([2H])c2-c2c([2H])c([2H])c(C(C)(C)C)c([2H])c2C(C)(C)C)c([2H])c1[2H]. The van der Waals surface area contributed by atoms with Crippen molar-refractivity contribution in [1.82, 2.24) is 4.57 Å². The second kappa shape index (κ2) is 26.8. The zero-order valence-corrected chi connectivity index (χ0v) is 67.0. The molecule has 0 aliphatic carbocycles. The Balaban J connectivity index is 1.35. The summed E-state index contributed by atoms with van der Waals surface area (Å²) in [7, 11) is 0. The predicted molar refractivity (Wildman–Crippen MR) is 483 cm³/mol. The molecule has 2 aliphatic heterocycles. The minimum absolute atomic E-state index is 0.00255. The van der Waals surface area contributed by atoms with Crippen LogP contribution >= 0.6 is 0 Å². The first-order valence-corrected chi connectivity index (χ1v) is 37.5. The van der Waals surface area contributed by atoms with Crippen LogP contribution in [0.5, 0.6) is 0 Å². The molecule has 2 aliphatic rings. The molecule has 0 atom stereocenters. The minimum Gasteiger partial charge on any atom is -0.310 e. The molecule has 556 valence electrons. The van der Waals surface area contributed by atoms with Gasteiger partial charge in [-0.3, -0.25) is 0 Å². The van der Waals surface area contributed by atoms with Crippen LogP contribution in [0.3, 0.4) is 0 Å². The predicted octanol–water partition coefficient (Wildman–Crippen LogP) is 28.3. The zero-order valence-electron chi connectivity index (χ0n) is 103. The molecule has 0 saturated carbocycles. The maximum absolute atomic E-state index is 11.7. The molecule has 0 spiro atoms. The van der Waals surface area contributed by atoms with Crippen molar-refractivity contribution < 1.29 is 49.3 Å². The van der Waals surface area contributed by atoms with Crippen LogP contribution in [0.15, 0.2) is 266 Å². The maximum atomic E-state index is 11.7. The van der Waals surface area contributed by atoms with Gasteiger partial charge < -0.3 is 14.4 Å². The van der Waals surface area contributed by atoms with Gasteiger partial charge in [-0.05, 0) is 211 Å². The van der Waals surface area contributed by atoms with Gasteiger partial charge >= 0.3 is 0 Å². The molecule has 111 heavy (non-hydrogen) atoms. The smallest absolute Gasteiger partial charge is 0.252 e. The maximum Gasteiger partial charge on any atom is 0.252 e. The van der Waals surface area contributed by atoms with Crippen LogP contribution < -0.4 is 26.2 Å². The molecule has 0 bridgehead atoms. The molecular formula is C107H110BN3. The van der Waals surface area contributed by atoms with Crippen molar-refractivity contribution in [3.8, 4) is 72.4 Å². The quantitative estimate of drug-likeness (QED) is 0.133. The molecule has 3 nitrogen and oxygen atoms in total. The summed E-state index contributed by atoms with van der Waals surface area (Å²) in [6.45, 7) is 35.3. The minimum atomic E-state index is -1.65. The number of rotatable bonds is 9. The summed E-state index contributed by atoms with van der Waals surface area (Å²) in [5, 5.41) is -1.04. The number of hydrogen-bond acceptors (Lipinski definition) is 2. The third-order valence-corrected chi connectivity index (χ3v) is 20.6. The summed E-state index contributed by atoms with van der Waals surface area (Å²) in [6.07, 6.45) is 0. The molecule has 14 aromatic rings. The molecule has 13 aromatic carbocycles. The van der Waals surface area contributed by atoms with Gasteiger partial charge in [-0.15, -0.1) is 0 Å². The lowest BCUT2D eigenvalue weighted by atomic mass is 9.33. The van der Waals surface area contributed by atoms with Crippen LogP contribution in [0.4, 0.5) is 34.1 Å². The monoisotopic (exact) mass is 1480 g/mol. The van der Waals surface area contributed by atoms with Crippen molar-refractivity contribution in [1.29, 1.82) is 0 Å². The Bertz CT molecular complexity index is 7940. The van der Waals surface area contributed by atoms with E-state index in [9.17, 15) is 46.6 Å². The van der Waals surface area contributed by atoms with Crippen molar-refractivity contribution in [3.63, 3.8) is 0 Å². The summed E-state index contributed by atoms with van der Waals surface area (Å²) >= 11 is 0. The third kappa shape index (κ3) is 13.4. The van der Waals surface area contributed by atoms with Crippen LogP contribution in [0.25, 0.3) is 94.3 Å². The molecular weight excluding hydrogens is 1340 g/mol.